The minimum Gasteiger partial charge on any atom is -0.465 e. The molecule has 0 aliphatic carbocycles. The number of aryl methyl sites for hydroxylation is 2. The molecule has 2 atom stereocenters. The van der Waals surface area contributed by atoms with Crippen molar-refractivity contribution < 1.29 is 12.8 Å². The van der Waals surface area contributed by atoms with Crippen LogP contribution in [0.2, 0.25) is 0 Å². The summed E-state index contributed by atoms with van der Waals surface area (Å²) in [6, 6.07) is 2.98. The first-order valence-electron chi connectivity index (χ1n) is 7.58. The number of rotatable bonds is 5. The molecule has 0 spiro atoms. The van der Waals surface area contributed by atoms with Gasteiger partial charge in [0.2, 0.25) is 0 Å². The lowest BCUT2D eigenvalue weighted by atomic mass is 10.2. The topological polar surface area (TPSA) is 93.3 Å². The van der Waals surface area contributed by atoms with Gasteiger partial charge in [-0.1, -0.05) is 0 Å². The quantitative estimate of drug-likeness (QED) is 0.890. The first-order valence-corrected chi connectivity index (χ1v) is 9.02. The van der Waals surface area contributed by atoms with E-state index in [1.165, 1.54) is 4.31 Å². The van der Waals surface area contributed by atoms with E-state index in [9.17, 15) is 8.42 Å². The van der Waals surface area contributed by atoms with E-state index in [0.717, 1.165) is 18.6 Å². The Labute approximate surface area is 135 Å². The summed E-state index contributed by atoms with van der Waals surface area (Å²) in [5.41, 5.74) is 0. The molecule has 1 aliphatic heterocycles. The Bertz CT molecular complexity index is 782. The third kappa shape index (κ3) is 3.17. The number of hydrogen-bond acceptors (Lipinski definition) is 5. The third-order valence-electron chi connectivity index (χ3n) is 4.06. The Balaban J connectivity index is 1.80. The minimum absolute atomic E-state index is 0.257. The van der Waals surface area contributed by atoms with Gasteiger partial charge >= 0.3 is 0 Å². The standard InChI is InChI=1S/C14H21N5O3S/c1-10-6-7-13(22-10)12-5-4-8-19(12)23(20,21)17-11(2)14-16-15-9-18(14)3/h6-7,9,11-12,17H,4-5,8H2,1-3H3/t11-,12-/m0/s1. The van der Waals surface area contributed by atoms with E-state index < -0.39 is 16.3 Å². The van der Waals surface area contributed by atoms with Crippen LogP contribution in [0.3, 0.4) is 0 Å². The zero-order valence-corrected chi connectivity index (χ0v) is 14.2. The van der Waals surface area contributed by atoms with Crippen LogP contribution in [-0.4, -0.2) is 34.0 Å². The van der Waals surface area contributed by atoms with Crippen LogP contribution in [0.4, 0.5) is 0 Å². The van der Waals surface area contributed by atoms with E-state index in [-0.39, 0.29) is 6.04 Å². The van der Waals surface area contributed by atoms with Gasteiger partial charge in [-0.25, -0.2) is 0 Å². The van der Waals surface area contributed by atoms with Crippen molar-refractivity contribution in [3.8, 4) is 0 Å². The highest BCUT2D eigenvalue weighted by atomic mass is 32.2. The van der Waals surface area contributed by atoms with Gasteiger partial charge in [0.15, 0.2) is 5.82 Å². The summed E-state index contributed by atoms with van der Waals surface area (Å²) in [6.07, 6.45) is 3.11. The highest BCUT2D eigenvalue weighted by Gasteiger charge is 2.38. The summed E-state index contributed by atoms with van der Waals surface area (Å²) in [6.45, 7) is 4.08. The Morgan fingerprint density at radius 1 is 1.43 bits per heavy atom. The van der Waals surface area contributed by atoms with Crippen LogP contribution in [0.1, 0.15) is 49.2 Å². The summed E-state index contributed by atoms with van der Waals surface area (Å²) < 4.78 is 37.0. The van der Waals surface area contributed by atoms with Crippen molar-refractivity contribution in [2.45, 2.75) is 38.8 Å². The molecule has 1 aliphatic rings. The van der Waals surface area contributed by atoms with Gasteiger partial charge in [-0.2, -0.15) is 17.4 Å². The molecule has 0 radical (unpaired) electrons. The lowest BCUT2D eigenvalue weighted by Gasteiger charge is -2.24. The summed E-state index contributed by atoms with van der Waals surface area (Å²) >= 11 is 0. The van der Waals surface area contributed by atoms with Gasteiger partial charge in [0.05, 0.1) is 12.1 Å². The Morgan fingerprint density at radius 3 is 2.83 bits per heavy atom. The molecular formula is C14H21N5O3S. The minimum atomic E-state index is -3.65. The van der Waals surface area contributed by atoms with Crippen molar-refractivity contribution in [3.63, 3.8) is 0 Å². The third-order valence-corrected chi connectivity index (χ3v) is 5.77. The molecule has 3 rings (SSSR count). The van der Waals surface area contributed by atoms with E-state index in [0.29, 0.717) is 18.1 Å². The second-order valence-corrected chi connectivity index (χ2v) is 7.52. The predicted molar refractivity (Wildman–Crippen MR) is 83.6 cm³/mol. The van der Waals surface area contributed by atoms with Gasteiger partial charge in [0.1, 0.15) is 17.8 Å². The van der Waals surface area contributed by atoms with Crippen molar-refractivity contribution in [3.05, 3.63) is 35.8 Å². The lowest BCUT2D eigenvalue weighted by Crippen LogP contribution is -2.41. The van der Waals surface area contributed by atoms with Crippen LogP contribution in [-0.2, 0) is 17.3 Å². The number of nitrogens with one attached hydrogen (secondary N) is 1. The Kier molecular flexibility index (Phi) is 4.26. The van der Waals surface area contributed by atoms with Gasteiger partial charge in [-0.15, -0.1) is 10.2 Å². The molecule has 1 fully saturated rings. The molecule has 0 aromatic carbocycles. The van der Waals surface area contributed by atoms with Crippen LogP contribution >= 0.6 is 0 Å². The predicted octanol–water partition coefficient (Wildman–Crippen LogP) is 1.45. The molecule has 0 saturated carbocycles. The second kappa shape index (κ2) is 6.06. The maximum atomic E-state index is 12.8. The van der Waals surface area contributed by atoms with E-state index in [2.05, 4.69) is 14.9 Å². The van der Waals surface area contributed by atoms with Crippen LogP contribution in [0.25, 0.3) is 0 Å². The molecule has 0 bridgehead atoms. The van der Waals surface area contributed by atoms with Crippen LogP contribution in [0.5, 0.6) is 0 Å². The van der Waals surface area contributed by atoms with E-state index in [1.54, 1.807) is 24.9 Å². The van der Waals surface area contributed by atoms with Crippen molar-refractivity contribution in [1.29, 1.82) is 0 Å². The average Bonchev–Trinajstić information content (AvgIpc) is 3.17. The first-order chi connectivity index (χ1) is 10.9. The largest absolute Gasteiger partial charge is 0.465 e. The molecule has 0 amide bonds. The van der Waals surface area contributed by atoms with Crippen LogP contribution in [0.15, 0.2) is 22.9 Å². The van der Waals surface area contributed by atoms with E-state index in [4.69, 9.17) is 4.42 Å². The Hall–Kier alpha value is -1.71. The van der Waals surface area contributed by atoms with Crippen molar-refractivity contribution >= 4 is 10.2 Å². The van der Waals surface area contributed by atoms with Crippen molar-refractivity contribution in [2.75, 3.05) is 6.54 Å². The first kappa shape index (κ1) is 16.2. The van der Waals surface area contributed by atoms with Gasteiger partial charge < -0.3 is 8.98 Å². The maximum absolute atomic E-state index is 12.8. The molecule has 8 nitrogen and oxygen atoms in total. The van der Waals surface area contributed by atoms with Crippen molar-refractivity contribution in [1.82, 2.24) is 23.8 Å². The molecule has 9 heteroatoms. The molecule has 3 heterocycles. The van der Waals surface area contributed by atoms with Gasteiger partial charge in [-0.05, 0) is 38.8 Å². The summed E-state index contributed by atoms with van der Waals surface area (Å²) in [5, 5.41) is 7.74. The zero-order valence-electron chi connectivity index (χ0n) is 13.4. The number of hydrogen-bond donors (Lipinski definition) is 1. The normalized spacial score (nSPS) is 20.9. The summed E-state index contributed by atoms with van der Waals surface area (Å²) in [7, 11) is -1.87. The maximum Gasteiger partial charge on any atom is 0.280 e. The zero-order chi connectivity index (χ0) is 16.6. The number of nitrogens with zero attached hydrogens (tertiary/aromatic N) is 4. The van der Waals surface area contributed by atoms with Crippen molar-refractivity contribution in [2.24, 2.45) is 7.05 Å². The second-order valence-electron chi connectivity index (χ2n) is 5.86. The highest BCUT2D eigenvalue weighted by Crippen LogP contribution is 2.35. The van der Waals surface area contributed by atoms with E-state index in [1.807, 2.05) is 19.1 Å². The molecule has 23 heavy (non-hydrogen) atoms. The smallest absolute Gasteiger partial charge is 0.280 e. The van der Waals surface area contributed by atoms with Crippen LogP contribution in [0, 0.1) is 6.92 Å². The van der Waals surface area contributed by atoms with Crippen LogP contribution < -0.4 is 4.72 Å². The number of aromatic nitrogens is 3. The molecule has 2 aromatic heterocycles. The summed E-state index contributed by atoms with van der Waals surface area (Å²) in [5.74, 6) is 2.04. The highest BCUT2D eigenvalue weighted by molar-refractivity contribution is 7.87. The molecule has 2 aromatic rings. The average molecular weight is 339 g/mol. The van der Waals surface area contributed by atoms with Gasteiger partial charge in [0, 0.05) is 13.6 Å². The monoisotopic (exact) mass is 339 g/mol. The summed E-state index contributed by atoms with van der Waals surface area (Å²) in [4.78, 5) is 0. The fourth-order valence-electron chi connectivity index (χ4n) is 2.97. The molecule has 1 saturated heterocycles. The Morgan fingerprint density at radius 2 is 2.22 bits per heavy atom. The number of furan rings is 1. The SMILES string of the molecule is Cc1ccc([C@@H]2CCCN2S(=O)(=O)N[C@@H](C)c2nncn2C)o1. The van der Waals surface area contributed by atoms with Gasteiger partial charge in [-0.3, -0.25) is 0 Å². The molecular weight excluding hydrogens is 318 g/mol. The fourth-order valence-corrected chi connectivity index (χ4v) is 4.57. The molecule has 126 valence electrons. The van der Waals surface area contributed by atoms with E-state index >= 15 is 0 Å². The molecule has 1 N–H and O–H groups in total. The fraction of sp³-hybridized carbons (Fsp3) is 0.571. The lowest BCUT2D eigenvalue weighted by molar-refractivity contribution is 0.328. The van der Waals surface area contributed by atoms with Gasteiger partial charge in [0.25, 0.3) is 10.2 Å². The molecule has 0 unspecified atom stereocenters.